The Bertz CT molecular complexity index is 612. The number of ether oxygens (including phenoxy) is 1. The largest absolute Gasteiger partial charge is 0.476 e. The number of aromatic nitrogens is 1. The second-order valence-electron chi connectivity index (χ2n) is 5.15. The molecule has 0 saturated carbocycles. The van der Waals surface area contributed by atoms with E-state index in [-0.39, 0.29) is 0 Å². The minimum Gasteiger partial charge on any atom is -0.476 e. The number of aromatic carboxylic acids is 1. The highest BCUT2D eigenvalue weighted by molar-refractivity contribution is 9.10. The van der Waals surface area contributed by atoms with Crippen LogP contribution in [0.2, 0.25) is 0 Å². The van der Waals surface area contributed by atoms with Gasteiger partial charge in [-0.25, -0.2) is 14.6 Å². The summed E-state index contributed by atoms with van der Waals surface area (Å²) in [4.78, 5) is 26.0. The molecule has 1 amide bonds. The van der Waals surface area contributed by atoms with Crippen molar-refractivity contribution >= 4 is 33.7 Å². The maximum absolute atomic E-state index is 12.8. The minimum atomic E-state index is -4.77. The first-order valence-electron chi connectivity index (χ1n) is 5.82. The van der Waals surface area contributed by atoms with Gasteiger partial charge in [-0.3, -0.25) is 5.32 Å². The highest BCUT2D eigenvalue weighted by atomic mass is 79.9. The van der Waals surface area contributed by atoms with Crippen LogP contribution in [0.4, 0.5) is 23.7 Å². The molecule has 0 radical (unpaired) electrons. The molecule has 0 bridgehead atoms. The monoisotopic (exact) mass is 384 g/mol. The molecule has 1 rings (SSSR count). The Morgan fingerprint density at radius 2 is 1.86 bits per heavy atom. The topological polar surface area (TPSA) is 88.5 Å². The second-order valence-corrected chi connectivity index (χ2v) is 5.90. The van der Waals surface area contributed by atoms with Crippen LogP contribution in [-0.4, -0.2) is 27.8 Å². The number of carbonyl (C=O) groups excluding carboxylic acids is 1. The molecule has 1 heterocycles. The summed E-state index contributed by atoms with van der Waals surface area (Å²) in [5, 5.41) is 10.9. The number of anilines is 1. The molecule has 0 fully saturated rings. The first kappa shape index (κ1) is 18.2. The number of nitrogens with zero attached hydrogens (tertiary/aromatic N) is 1. The van der Waals surface area contributed by atoms with Crippen molar-refractivity contribution in [2.45, 2.75) is 32.5 Å². The Balaban J connectivity index is 3.26. The summed E-state index contributed by atoms with van der Waals surface area (Å²) in [5.74, 6) is -1.60. The van der Waals surface area contributed by atoms with Gasteiger partial charge in [0.05, 0.1) is 11.3 Å². The number of carbonyl (C=O) groups is 2. The lowest BCUT2D eigenvalue weighted by molar-refractivity contribution is -0.138. The van der Waals surface area contributed by atoms with E-state index < -0.39 is 45.4 Å². The van der Waals surface area contributed by atoms with Gasteiger partial charge < -0.3 is 9.84 Å². The van der Waals surface area contributed by atoms with Crippen molar-refractivity contribution in [3.63, 3.8) is 0 Å². The van der Waals surface area contributed by atoms with Gasteiger partial charge in [-0.1, -0.05) is 0 Å². The fourth-order valence-corrected chi connectivity index (χ4v) is 1.88. The fraction of sp³-hybridized carbons (Fsp3) is 0.417. The molecule has 0 unspecified atom stereocenters. The average Bonchev–Trinajstić information content (AvgIpc) is 2.26. The van der Waals surface area contributed by atoms with Crippen molar-refractivity contribution in [3.05, 3.63) is 21.9 Å². The van der Waals surface area contributed by atoms with Gasteiger partial charge in [-0.05, 0) is 42.8 Å². The molecule has 0 spiro atoms. The smallest absolute Gasteiger partial charge is 0.419 e. The van der Waals surface area contributed by atoms with E-state index in [0.29, 0.717) is 6.07 Å². The third-order valence-electron chi connectivity index (χ3n) is 2.12. The van der Waals surface area contributed by atoms with E-state index in [4.69, 9.17) is 9.84 Å². The average molecular weight is 385 g/mol. The number of amides is 1. The molecule has 1 aromatic heterocycles. The Morgan fingerprint density at radius 3 is 2.27 bits per heavy atom. The lowest BCUT2D eigenvalue weighted by atomic mass is 10.2. The number of hydrogen-bond donors (Lipinski definition) is 2. The zero-order valence-corrected chi connectivity index (χ0v) is 13.3. The number of pyridine rings is 1. The molecule has 0 saturated heterocycles. The van der Waals surface area contributed by atoms with Gasteiger partial charge in [0, 0.05) is 0 Å². The molecule has 1 aromatic rings. The van der Waals surface area contributed by atoms with Crippen LogP contribution in [0, 0.1) is 0 Å². The Morgan fingerprint density at radius 1 is 1.32 bits per heavy atom. The first-order chi connectivity index (χ1) is 9.81. The minimum absolute atomic E-state index is 0.477. The van der Waals surface area contributed by atoms with Crippen LogP contribution in [0.5, 0.6) is 0 Å². The van der Waals surface area contributed by atoms with Crippen LogP contribution in [-0.2, 0) is 10.9 Å². The summed E-state index contributed by atoms with van der Waals surface area (Å²) in [5.41, 5.74) is -3.48. The number of nitrogens with one attached hydrogen (secondary N) is 1. The van der Waals surface area contributed by atoms with Gasteiger partial charge >= 0.3 is 18.2 Å². The van der Waals surface area contributed by atoms with E-state index in [9.17, 15) is 22.8 Å². The first-order valence-corrected chi connectivity index (χ1v) is 6.61. The maximum Gasteiger partial charge on any atom is 0.419 e. The number of alkyl halides is 3. The molecule has 2 N–H and O–H groups in total. The third kappa shape index (κ3) is 4.86. The predicted octanol–water partition coefficient (Wildman–Crippen LogP) is 3.91. The van der Waals surface area contributed by atoms with Crippen LogP contribution in [0.3, 0.4) is 0 Å². The van der Waals surface area contributed by atoms with Crippen molar-refractivity contribution in [3.8, 4) is 0 Å². The lowest BCUT2D eigenvalue weighted by Crippen LogP contribution is -2.28. The van der Waals surface area contributed by atoms with Crippen molar-refractivity contribution in [2.24, 2.45) is 0 Å². The van der Waals surface area contributed by atoms with E-state index in [1.165, 1.54) is 0 Å². The van der Waals surface area contributed by atoms with Gasteiger partial charge in [0.15, 0.2) is 5.69 Å². The van der Waals surface area contributed by atoms with Gasteiger partial charge in [0.25, 0.3) is 0 Å². The van der Waals surface area contributed by atoms with E-state index in [0.717, 1.165) is 0 Å². The predicted molar refractivity (Wildman–Crippen MR) is 73.8 cm³/mol. The van der Waals surface area contributed by atoms with E-state index >= 15 is 0 Å². The summed E-state index contributed by atoms with van der Waals surface area (Å²) in [7, 11) is 0. The molecule has 0 aliphatic carbocycles. The molecule has 0 atom stereocenters. The van der Waals surface area contributed by atoms with Crippen molar-refractivity contribution < 1.29 is 32.6 Å². The van der Waals surface area contributed by atoms with E-state index in [1.807, 2.05) is 5.32 Å². The zero-order valence-electron chi connectivity index (χ0n) is 11.7. The summed E-state index contributed by atoms with van der Waals surface area (Å²) >= 11 is 2.56. The number of carboxylic acid groups (broad SMARTS) is 1. The van der Waals surface area contributed by atoms with Crippen molar-refractivity contribution in [1.29, 1.82) is 0 Å². The SMILES string of the molecule is CC(C)(C)OC(=O)Nc1cc(C(F)(F)F)c(Br)nc1C(=O)O. The van der Waals surface area contributed by atoms with Gasteiger partial charge in [-0.2, -0.15) is 13.2 Å². The van der Waals surface area contributed by atoms with Gasteiger partial charge in [0.1, 0.15) is 10.2 Å². The van der Waals surface area contributed by atoms with Crippen LogP contribution in [0.1, 0.15) is 36.8 Å². The van der Waals surface area contributed by atoms with Gasteiger partial charge in [-0.15, -0.1) is 0 Å². The van der Waals surface area contributed by atoms with Crippen LogP contribution < -0.4 is 5.32 Å². The number of halogens is 4. The molecule has 0 aliphatic heterocycles. The molecule has 10 heteroatoms. The summed E-state index contributed by atoms with van der Waals surface area (Å²) in [6.07, 6.45) is -5.86. The molecule has 122 valence electrons. The fourth-order valence-electron chi connectivity index (χ4n) is 1.36. The summed E-state index contributed by atoms with van der Waals surface area (Å²) in [6, 6.07) is 0.477. The Hall–Kier alpha value is -1.84. The zero-order chi connectivity index (χ0) is 17.3. The maximum atomic E-state index is 12.8. The highest BCUT2D eigenvalue weighted by Gasteiger charge is 2.36. The van der Waals surface area contributed by atoms with Crippen molar-refractivity contribution in [2.75, 3.05) is 5.32 Å². The van der Waals surface area contributed by atoms with Gasteiger partial charge in [0.2, 0.25) is 0 Å². The van der Waals surface area contributed by atoms with Crippen LogP contribution >= 0.6 is 15.9 Å². The molecule has 0 aromatic carbocycles. The highest BCUT2D eigenvalue weighted by Crippen LogP contribution is 2.36. The number of hydrogen-bond acceptors (Lipinski definition) is 4. The molecular formula is C12H12BrF3N2O4. The quantitative estimate of drug-likeness (QED) is 0.754. The molecule has 22 heavy (non-hydrogen) atoms. The van der Waals surface area contributed by atoms with E-state index in [1.54, 1.807) is 20.8 Å². The Labute approximate surface area is 131 Å². The second kappa shape index (κ2) is 6.11. The molecular weight excluding hydrogens is 373 g/mol. The molecule has 0 aliphatic rings. The summed E-state index contributed by atoms with van der Waals surface area (Å²) in [6.45, 7) is 4.64. The number of carboxylic acids is 1. The van der Waals surface area contributed by atoms with E-state index in [2.05, 4.69) is 20.9 Å². The van der Waals surface area contributed by atoms with Crippen LogP contribution in [0.15, 0.2) is 10.7 Å². The summed E-state index contributed by atoms with van der Waals surface area (Å²) < 4.78 is 42.6. The standard InChI is InChI=1S/C12H12BrF3N2O4/c1-11(2,3)22-10(21)17-6-4-5(12(14,15)16)8(13)18-7(6)9(19)20/h4H,1-3H3,(H,17,21)(H,19,20). The van der Waals surface area contributed by atoms with Crippen molar-refractivity contribution in [1.82, 2.24) is 4.98 Å². The number of rotatable bonds is 2. The normalized spacial score (nSPS) is 12.0. The lowest BCUT2D eigenvalue weighted by Gasteiger charge is -2.20. The molecule has 6 nitrogen and oxygen atoms in total. The van der Waals surface area contributed by atoms with Crippen LogP contribution in [0.25, 0.3) is 0 Å². The third-order valence-corrected chi connectivity index (χ3v) is 2.72. The Kier molecular flexibility index (Phi) is 5.06.